The summed E-state index contributed by atoms with van der Waals surface area (Å²) in [5, 5.41) is 5.07. The van der Waals surface area contributed by atoms with Crippen molar-refractivity contribution in [2.45, 2.75) is 0 Å². The molecule has 2 N–H and O–H groups in total. The highest BCUT2D eigenvalue weighted by atomic mass is 35.5. The first kappa shape index (κ1) is 8.97. The number of halogens is 1. The monoisotopic (exact) mass is 205 g/mol. The zero-order valence-corrected chi connectivity index (χ0v) is 8.07. The second-order valence-electron chi connectivity index (χ2n) is 2.81. The van der Waals surface area contributed by atoms with Gasteiger partial charge >= 0.3 is 0 Å². The van der Waals surface area contributed by atoms with E-state index in [9.17, 15) is 0 Å². The summed E-state index contributed by atoms with van der Waals surface area (Å²) in [4.78, 5) is 4.23. The Morgan fingerprint density at radius 2 is 2.21 bits per heavy atom. The van der Waals surface area contributed by atoms with Crippen LogP contribution in [0.2, 0.25) is 5.02 Å². The van der Waals surface area contributed by atoms with Gasteiger partial charge in [0.2, 0.25) is 0 Å². The predicted molar refractivity (Wildman–Crippen MR) is 58.5 cm³/mol. The molecule has 0 spiro atoms. The van der Waals surface area contributed by atoms with Gasteiger partial charge in [0.25, 0.3) is 0 Å². The molecule has 0 radical (unpaired) electrons. The quantitative estimate of drug-likeness (QED) is 0.441. The average molecular weight is 206 g/mol. The summed E-state index contributed by atoms with van der Waals surface area (Å²) in [5.74, 6) is 5.10. The van der Waals surface area contributed by atoms with Gasteiger partial charge in [-0.25, -0.2) is 0 Å². The highest BCUT2D eigenvalue weighted by Gasteiger charge is 2.02. The van der Waals surface area contributed by atoms with Crippen LogP contribution >= 0.6 is 11.6 Å². The van der Waals surface area contributed by atoms with Crippen LogP contribution in [0.5, 0.6) is 0 Å². The van der Waals surface area contributed by atoms with E-state index in [-0.39, 0.29) is 0 Å². The molecule has 14 heavy (non-hydrogen) atoms. The molecular formula is C10H8ClN3. The lowest BCUT2D eigenvalue weighted by atomic mass is 10.1. The molecule has 0 aliphatic carbocycles. The van der Waals surface area contributed by atoms with Crippen LogP contribution in [0.3, 0.4) is 0 Å². The lowest BCUT2D eigenvalue weighted by Gasteiger charge is -2.01. The molecule has 4 heteroatoms. The third-order valence-corrected chi connectivity index (χ3v) is 2.29. The van der Waals surface area contributed by atoms with Crippen molar-refractivity contribution in [2.24, 2.45) is 10.9 Å². The number of hydrogen-bond donors (Lipinski definition) is 1. The van der Waals surface area contributed by atoms with E-state index >= 15 is 0 Å². The van der Waals surface area contributed by atoms with Crippen LogP contribution in [0.4, 0.5) is 0 Å². The molecule has 0 amide bonds. The molecule has 0 bridgehead atoms. The first-order valence-electron chi connectivity index (χ1n) is 4.09. The molecule has 2 aromatic rings. The Morgan fingerprint density at radius 3 is 3.00 bits per heavy atom. The maximum Gasteiger partial charge on any atom is 0.0805 e. The van der Waals surface area contributed by atoms with E-state index in [1.165, 1.54) is 0 Å². The summed E-state index contributed by atoms with van der Waals surface area (Å²) in [6, 6.07) is 7.41. The van der Waals surface area contributed by atoms with Crippen LogP contribution in [0.15, 0.2) is 35.6 Å². The van der Waals surface area contributed by atoms with Gasteiger partial charge in [0.05, 0.1) is 16.8 Å². The lowest BCUT2D eigenvalue weighted by Crippen LogP contribution is -1.90. The summed E-state index contributed by atoms with van der Waals surface area (Å²) in [6.07, 6.45) is 3.28. The number of hydrogen-bond acceptors (Lipinski definition) is 3. The van der Waals surface area contributed by atoms with Gasteiger partial charge in [0.15, 0.2) is 0 Å². The fourth-order valence-corrected chi connectivity index (χ4v) is 1.56. The van der Waals surface area contributed by atoms with E-state index in [1.54, 1.807) is 12.4 Å². The van der Waals surface area contributed by atoms with E-state index in [2.05, 4.69) is 10.1 Å². The summed E-state index contributed by atoms with van der Waals surface area (Å²) < 4.78 is 0. The molecule has 1 aromatic heterocycles. The Morgan fingerprint density at radius 1 is 1.36 bits per heavy atom. The zero-order chi connectivity index (χ0) is 9.97. The maximum atomic E-state index is 6.01. The molecule has 0 saturated carbocycles. The molecule has 0 fully saturated rings. The van der Waals surface area contributed by atoms with Gasteiger partial charge in [-0.3, -0.25) is 4.98 Å². The minimum absolute atomic E-state index is 0.683. The lowest BCUT2D eigenvalue weighted by molar-refractivity contribution is 1.26. The van der Waals surface area contributed by atoms with Gasteiger partial charge in [-0.1, -0.05) is 11.6 Å². The Kier molecular flexibility index (Phi) is 2.33. The fraction of sp³-hybridized carbons (Fsp3) is 0. The molecule has 1 aromatic carbocycles. The minimum atomic E-state index is 0.683. The molecule has 3 nitrogen and oxygen atoms in total. The summed E-state index contributed by atoms with van der Waals surface area (Å²) in [5.41, 5.74) is 1.68. The minimum Gasteiger partial charge on any atom is -0.323 e. The highest BCUT2D eigenvalue weighted by Crippen LogP contribution is 2.23. The first-order chi connectivity index (χ1) is 6.83. The largest absolute Gasteiger partial charge is 0.323 e. The predicted octanol–water partition coefficient (Wildman–Crippen LogP) is 2.18. The Balaban J connectivity index is 2.81. The van der Waals surface area contributed by atoms with Crippen LogP contribution in [0, 0.1) is 0 Å². The number of fused-ring (bicyclic) bond motifs is 1. The van der Waals surface area contributed by atoms with E-state index in [0.29, 0.717) is 5.02 Å². The van der Waals surface area contributed by atoms with Gasteiger partial charge < -0.3 is 5.84 Å². The maximum absolute atomic E-state index is 6.01. The zero-order valence-electron chi connectivity index (χ0n) is 7.31. The standard InChI is InChI=1S/C10H8ClN3/c11-9-4-3-7(6-14-12)10-8(9)2-1-5-13-10/h1-6H,12H2/b14-6+. The second kappa shape index (κ2) is 3.64. The normalized spacial score (nSPS) is 11.2. The van der Waals surface area contributed by atoms with Crippen molar-refractivity contribution in [3.63, 3.8) is 0 Å². The Labute approximate surface area is 86.2 Å². The highest BCUT2D eigenvalue weighted by molar-refractivity contribution is 6.35. The molecular weight excluding hydrogens is 198 g/mol. The molecule has 1 heterocycles. The Bertz CT molecular complexity index is 494. The van der Waals surface area contributed by atoms with Crippen molar-refractivity contribution in [1.82, 2.24) is 4.98 Å². The molecule has 0 atom stereocenters. The summed E-state index contributed by atoms with van der Waals surface area (Å²) in [7, 11) is 0. The van der Waals surface area contributed by atoms with E-state index in [4.69, 9.17) is 17.4 Å². The average Bonchev–Trinajstić information content (AvgIpc) is 2.23. The molecule has 0 aliphatic heterocycles. The second-order valence-corrected chi connectivity index (χ2v) is 3.22. The number of nitrogens with two attached hydrogens (primary N) is 1. The molecule has 0 unspecified atom stereocenters. The van der Waals surface area contributed by atoms with E-state index < -0.39 is 0 Å². The SMILES string of the molecule is N/N=C/c1ccc(Cl)c2cccnc12. The van der Waals surface area contributed by atoms with Crippen molar-refractivity contribution in [1.29, 1.82) is 0 Å². The third kappa shape index (κ3) is 1.42. The Hall–Kier alpha value is -1.61. The van der Waals surface area contributed by atoms with Crippen molar-refractivity contribution < 1.29 is 0 Å². The summed E-state index contributed by atoms with van der Waals surface area (Å²) >= 11 is 6.01. The van der Waals surface area contributed by atoms with Crippen LogP contribution in [0.1, 0.15) is 5.56 Å². The number of rotatable bonds is 1. The third-order valence-electron chi connectivity index (χ3n) is 1.96. The van der Waals surface area contributed by atoms with Crippen LogP contribution in [-0.4, -0.2) is 11.2 Å². The van der Waals surface area contributed by atoms with Gasteiger partial charge in [0.1, 0.15) is 0 Å². The fourth-order valence-electron chi connectivity index (χ4n) is 1.34. The van der Waals surface area contributed by atoms with Crippen molar-refractivity contribution in [3.05, 3.63) is 41.0 Å². The van der Waals surface area contributed by atoms with Crippen molar-refractivity contribution >= 4 is 28.7 Å². The van der Waals surface area contributed by atoms with Gasteiger partial charge in [0, 0.05) is 17.1 Å². The molecule has 2 rings (SSSR count). The topological polar surface area (TPSA) is 51.3 Å². The first-order valence-corrected chi connectivity index (χ1v) is 4.47. The van der Waals surface area contributed by atoms with Crippen LogP contribution in [-0.2, 0) is 0 Å². The smallest absolute Gasteiger partial charge is 0.0805 e. The number of hydrazone groups is 1. The van der Waals surface area contributed by atoms with E-state index in [0.717, 1.165) is 16.5 Å². The van der Waals surface area contributed by atoms with Gasteiger partial charge in [-0.15, -0.1) is 0 Å². The molecule has 70 valence electrons. The van der Waals surface area contributed by atoms with Crippen LogP contribution in [0.25, 0.3) is 10.9 Å². The van der Waals surface area contributed by atoms with Crippen LogP contribution < -0.4 is 5.84 Å². The van der Waals surface area contributed by atoms with Gasteiger partial charge in [-0.05, 0) is 24.3 Å². The number of nitrogens with zero attached hydrogens (tertiary/aromatic N) is 2. The molecule has 0 saturated heterocycles. The molecule has 0 aliphatic rings. The number of pyridine rings is 1. The van der Waals surface area contributed by atoms with E-state index in [1.807, 2.05) is 24.3 Å². The van der Waals surface area contributed by atoms with Crippen molar-refractivity contribution in [3.8, 4) is 0 Å². The summed E-state index contributed by atoms with van der Waals surface area (Å²) in [6.45, 7) is 0. The van der Waals surface area contributed by atoms with Crippen molar-refractivity contribution in [2.75, 3.05) is 0 Å². The number of benzene rings is 1. The van der Waals surface area contributed by atoms with Gasteiger partial charge in [-0.2, -0.15) is 5.10 Å². The number of aromatic nitrogens is 1.